The van der Waals surface area contributed by atoms with Gasteiger partial charge in [0.25, 0.3) is 0 Å². The molecule has 0 bridgehead atoms. The first-order valence-corrected chi connectivity index (χ1v) is 7.46. The molecule has 2 atom stereocenters. The molecule has 0 spiro atoms. The van der Waals surface area contributed by atoms with Gasteiger partial charge in [-0.25, -0.2) is 0 Å². The number of hydrogen-bond acceptors (Lipinski definition) is 6. The molecular formula is C14H26N6. The number of aromatic nitrogens is 3. The molecule has 1 aromatic heterocycles. The monoisotopic (exact) mass is 278 g/mol. The minimum Gasteiger partial charge on any atom is -0.354 e. The highest BCUT2D eigenvalue weighted by Crippen LogP contribution is 2.27. The highest BCUT2D eigenvalue weighted by atomic mass is 15.4. The molecular weight excluding hydrogens is 252 g/mol. The number of rotatable bonds is 4. The lowest BCUT2D eigenvalue weighted by Gasteiger charge is -2.38. The quantitative estimate of drug-likeness (QED) is 0.909. The topological polar surface area (TPSA) is 57.2 Å². The van der Waals surface area contributed by atoms with Crippen molar-refractivity contribution in [2.75, 3.05) is 42.3 Å². The predicted molar refractivity (Wildman–Crippen MR) is 83.5 cm³/mol. The molecule has 112 valence electrons. The van der Waals surface area contributed by atoms with Gasteiger partial charge in [0, 0.05) is 33.2 Å². The van der Waals surface area contributed by atoms with Gasteiger partial charge in [-0.05, 0) is 32.6 Å². The molecule has 1 aliphatic rings. The predicted octanol–water partition coefficient (Wildman–Crippen LogP) is 1.99. The second kappa shape index (κ2) is 6.24. The molecule has 1 N–H and O–H groups in total. The summed E-state index contributed by atoms with van der Waals surface area (Å²) in [5.41, 5.74) is 0. The second-order valence-electron chi connectivity index (χ2n) is 5.74. The van der Waals surface area contributed by atoms with Gasteiger partial charge in [-0.3, -0.25) is 0 Å². The van der Waals surface area contributed by atoms with Crippen LogP contribution >= 0.6 is 0 Å². The molecule has 1 saturated heterocycles. The van der Waals surface area contributed by atoms with Crippen LogP contribution in [0.1, 0.15) is 33.6 Å². The Balaban J connectivity index is 2.33. The van der Waals surface area contributed by atoms with E-state index in [0.717, 1.165) is 19.0 Å². The number of hydrogen-bond donors (Lipinski definition) is 1. The van der Waals surface area contributed by atoms with Crippen LogP contribution in [-0.4, -0.2) is 48.2 Å². The third kappa shape index (κ3) is 3.11. The lowest BCUT2D eigenvalue weighted by atomic mass is 9.92. The molecule has 0 aliphatic carbocycles. The zero-order valence-corrected chi connectivity index (χ0v) is 13.2. The summed E-state index contributed by atoms with van der Waals surface area (Å²) in [5, 5.41) is 3.19. The molecule has 1 fully saturated rings. The van der Waals surface area contributed by atoms with E-state index in [2.05, 4.69) is 39.0 Å². The van der Waals surface area contributed by atoms with E-state index < -0.39 is 0 Å². The average molecular weight is 278 g/mol. The van der Waals surface area contributed by atoms with Crippen molar-refractivity contribution in [1.29, 1.82) is 0 Å². The first kappa shape index (κ1) is 14.8. The van der Waals surface area contributed by atoms with Crippen LogP contribution in [-0.2, 0) is 0 Å². The van der Waals surface area contributed by atoms with Crippen LogP contribution < -0.4 is 15.1 Å². The SMILES string of the molecule is CCNc1nc(N(C)C)nc(N2CCCC(C)C2C)n1. The van der Waals surface area contributed by atoms with Gasteiger partial charge in [0.05, 0.1) is 0 Å². The maximum atomic E-state index is 4.61. The van der Waals surface area contributed by atoms with E-state index in [4.69, 9.17) is 0 Å². The zero-order valence-electron chi connectivity index (χ0n) is 13.2. The molecule has 1 aliphatic heterocycles. The molecule has 2 heterocycles. The summed E-state index contributed by atoms with van der Waals surface area (Å²) in [6.45, 7) is 8.44. The Bertz CT molecular complexity index is 447. The Hall–Kier alpha value is -1.59. The van der Waals surface area contributed by atoms with Crippen molar-refractivity contribution < 1.29 is 0 Å². The van der Waals surface area contributed by atoms with Crippen LogP contribution in [0.5, 0.6) is 0 Å². The lowest BCUT2D eigenvalue weighted by Crippen LogP contribution is -2.43. The number of nitrogens with one attached hydrogen (secondary N) is 1. The van der Waals surface area contributed by atoms with Gasteiger partial charge in [-0.15, -0.1) is 0 Å². The van der Waals surface area contributed by atoms with Crippen molar-refractivity contribution in [3.63, 3.8) is 0 Å². The van der Waals surface area contributed by atoms with Gasteiger partial charge in [0.1, 0.15) is 0 Å². The van der Waals surface area contributed by atoms with Gasteiger partial charge < -0.3 is 15.1 Å². The van der Waals surface area contributed by atoms with Crippen molar-refractivity contribution in [2.45, 2.75) is 39.7 Å². The van der Waals surface area contributed by atoms with Crippen molar-refractivity contribution in [3.8, 4) is 0 Å². The Labute approximate surface area is 121 Å². The summed E-state index contributed by atoms with van der Waals surface area (Å²) in [4.78, 5) is 17.9. The molecule has 0 saturated carbocycles. The minimum absolute atomic E-state index is 0.468. The van der Waals surface area contributed by atoms with Crippen molar-refractivity contribution >= 4 is 17.8 Å². The highest BCUT2D eigenvalue weighted by Gasteiger charge is 2.27. The van der Waals surface area contributed by atoms with Crippen LogP contribution in [0.15, 0.2) is 0 Å². The van der Waals surface area contributed by atoms with Crippen LogP contribution in [0.3, 0.4) is 0 Å². The first-order chi connectivity index (χ1) is 9.52. The number of piperidine rings is 1. The zero-order chi connectivity index (χ0) is 14.7. The fourth-order valence-electron chi connectivity index (χ4n) is 2.54. The maximum Gasteiger partial charge on any atom is 0.232 e. The van der Waals surface area contributed by atoms with Gasteiger partial charge >= 0.3 is 0 Å². The van der Waals surface area contributed by atoms with Crippen LogP contribution in [0.25, 0.3) is 0 Å². The van der Waals surface area contributed by atoms with E-state index >= 15 is 0 Å². The Morgan fingerprint density at radius 3 is 2.65 bits per heavy atom. The van der Waals surface area contributed by atoms with E-state index in [1.165, 1.54) is 12.8 Å². The summed E-state index contributed by atoms with van der Waals surface area (Å²) in [7, 11) is 3.91. The van der Waals surface area contributed by atoms with E-state index in [-0.39, 0.29) is 0 Å². The summed E-state index contributed by atoms with van der Waals surface area (Å²) in [5.74, 6) is 2.83. The van der Waals surface area contributed by atoms with Gasteiger partial charge in [0.15, 0.2) is 0 Å². The van der Waals surface area contributed by atoms with E-state index in [9.17, 15) is 0 Å². The van der Waals surface area contributed by atoms with Crippen molar-refractivity contribution in [1.82, 2.24) is 15.0 Å². The molecule has 20 heavy (non-hydrogen) atoms. The third-order valence-electron chi connectivity index (χ3n) is 3.98. The molecule has 6 heteroatoms. The molecule has 6 nitrogen and oxygen atoms in total. The fraction of sp³-hybridized carbons (Fsp3) is 0.786. The summed E-state index contributed by atoms with van der Waals surface area (Å²) in [6, 6.07) is 0.468. The normalized spacial score (nSPS) is 22.8. The van der Waals surface area contributed by atoms with Gasteiger partial charge in [-0.2, -0.15) is 15.0 Å². The highest BCUT2D eigenvalue weighted by molar-refractivity contribution is 5.45. The van der Waals surface area contributed by atoms with Gasteiger partial charge in [0.2, 0.25) is 17.8 Å². The average Bonchev–Trinajstić information content (AvgIpc) is 2.42. The molecule has 0 amide bonds. The van der Waals surface area contributed by atoms with Crippen LogP contribution in [0.2, 0.25) is 0 Å². The maximum absolute atomic E-state index is 4.61. The molecule has 0 radical (unpaired) electrons. The van der Waals surface area contributed by atoms with E-state index in [0.29, 0.717) is 23.9 Å². The number of nitrogens with zero attached hydrogens (tertiary/aromatic N) is 5. The summed E-state index contributed by atoms with van der Waals surface area (Å²) >= 11 is 0. The largest absolute Gasteiger partial charge is 0.354 e. The molecule has 1 aromatic rings. The summed E-state index contributed by atoms with van der Waals surface area (Å²) < 4.78 is 0. The van der Waals surface area contributed by atoms with Crippen LogP contribution in [0.4, 0.5) is 17.8 Å². The Morgan fingerprint density at radius 2 is 2.00 bits per heavy atom. The minimum atomic E-state index is 0.468. The van der Waals surface area contributed by atoms with Crippen molar-refractivity contribution in [2.24, 2.45) is 5.92 Å². The van der Waals surface area contributed by atoms with E-state index in [1.54, 1.807) is 0 Å². The van der Waals surface area contributed by atoms with Crippen LogP contribution in [0, 0.1) is 5.92 Å². The van der Waals surface area contributed by atoms with Crippen molar-refractivity contribution in [3.05, 3.63) is 0 Å². The molecule has 2 rings (SSSR count). The Morgan fingerprint density at radius 1 is 1.25 bits per heavy atom. The fourth-order valence-corrected chi connectivity index (χ4v) is 2.54. The third-order valence-corrected chi connectivity index (χ3v) is 3.98. The Kier molecular flexibility index (Phi) is 4.62. The summed E-state index contributed by atoms with van der Waals surface area (Å²) in [6.07, 6.45) is 2.48. The molecule has 0 aromatic carbocycles. The first-order valence-electron chi connectivity index (χ1n) is 7.46. The number of anilines is 3. The standard InChI is InChI=1S/C14H26N6/c1-6-15-12-16-13(19(4)5)18-14(17-12)20-9-7-8-10(2)11(20)3/h10-11H,6-9H2,1-5H3,(H,15,16,17,18). The van der Waals surface area contributed by atoms with Gasteiger partial charge in [-0.1, -0.05) is 6.92 Å². The van der Waals surface area contributed by atoms with E-state index in [1.807, 2.05) is 25.9 Å². The lowest BCUT2D eigenvalue weighted by molar-refractivity contribution is 0.359. The second-order valence-corrected chi connectivity index (χ2v) is 5.74. The molecule has 2 unspecified atom stereocenters. The smallest absolute Gasteiger partial charge is 0.232 e.